The highest BCUT2D eigenvalue weighted by atomic mass is 16.3. The second-order valence-electron chi connectivity index (χ2n) is 5.89. The number of fused-ring (bicyclic) bond motifs is 3. The molecule has 1 aromatic heterocycles. The number of rotatable bonds is 3. The molecule has 3 rings (SSSR count). The summed E-state index contributed by atoms with van der Waals surface area (Å²) in [7, 11) is 0. The summed E-state index contributed by atoms with van der Waals surface area (Å²) in [4.78, 5) is 11.7. The molecule has 1 amide bonds. The zero-order valence-electron chi connectivity index (χ0n) is 13.6. The summed E-state index contributed by atoms with van der Waals surface area (Å²) in [6.45, 7) is 13.5. The van der Waals surface area contributed by atoms with E-state index in [2.05, 4.69) is 18.5 Å². The monoisotopic (exact) mass is 305 g/mol. The van der Waals surface area contributed by atoms with E-state index in [4.69, 9.17) is 4.42 Å². The van der Waals surface area contributed by atoms with Gasteiger partial charge >= 0.3 is 0 Å². The van der Waals surface area contributed by atoms with E-state index < -0.39 is 0 Å². The SMILES string of the molecule is C=C(C)c1cc(C(=C)C)c2c(oc3ccccc32)c1NC(C)=O. The molecule has 1 heterocycles. The number of para-hydroxylation sites is 1. The maximum absolute atomic E-state index is 11.7. The molecule has 2 aromatic carbocycles. The van der Waals surface area contributed by atoms with Crippen LogP contribution in [0.5, 0.6) is 0 Å². The van der Waals surface area contributed by atoms with Gasteiger partial charge in [0.2, 0.25) is 5.91 Å². The molecule has 0 radical (unpaired) electrons. The normalized spacial score (nSPS) is 10.9. The Hall–Kier alpha value is -2.81. The van der Waals surface area contributed by atoms with Crippen LogP contribution >= 0.6 is 0 Å². The van der Waals surface area contributed by atoms with E-state index in [0.717, 1.165) is 38.6 Å². The molecule has 3 heteroatoms. The van der Waals surface area contributed by atoms with Crippen LogP contribution in [-0.2, 0) is 4.79 Å². The fraction of sp³-hybridized carbons (Fsp3) is 0.150. The van der Waals surface area contributed by atoms with Crippen LogP contribution in [0, 0.1) is 0 Å². The highest BCUT2D eigenvalue weighted by Crippen LogP contribution is 2.41. The molecule has 0 unspecified atom stereocenters. The van der Waals surface area contributed by atoms with Crippen molar-refractivity contribution < 1.29 is 9.21 Å². The van der Waals surface area contributed by atoms with Crippen molar-refractivity contribution in [2.45, 2.75) is 20.8 Å². The summed E-state index contributed by atoms with van der Waals surface area (Å²) in [5.74, 6) is -0.141. The molecular weight excluding hydrogens is 286 g/mol. The lowest BCUT2D eigenvalue weighted by Gasteiger charge is -2.14. The highest BCUT2D eigenvalue weighted by molar-refractivity contribution is 6.16. The second-order valence-corrected chi connectivity index (χ2v) is 5.89. The first-order valence-corrected chi connectivity index (χ1v) is 7.47. The Kier molecular flexibility index (Phi) is 3.57. The minimum Gasteiger partial charge on any atom is -0.454 e. The van der Waals surface area contributed by atoms with Gasteiger partial charge in [-0.3, -0.25) is 4.79 Å². The molecule has 0 saturated carbocycles. The van der Waals surface area contributed by atoms with E-state index in [1.54, 1.807) is 0 Å². The Labute approximate surface area is 135 Å². The number of carbonyl (C=O) groups excluding carboxylic acids is 1. The number of furan rings is 1. The van der Waals surface area contributed by atoms with Crippen LogP contribution in [0.15, 0.2) is 47.9 Å². The lowest BCUT2D eigenvalue weighted by molar-refractivity contribution is -0.114. The van der Waals surface area contributed by atoms with Gasteiger partial charge in [0.25, 0.3) is 0 Å². The molecule has 0 aliphatic heterocycles. The maximum Gasteiger partial charge on any atom is 0.221 e. The lowest BCUT2D eigenvalue weighted by atomic mass is 9.94. The minimum absolute atomic E-state index is 0.141. The molecule has 23 heavy (non-hydrogen) atoms. The summed E-state index contributed by atoms with van der Waals surface area (Å²) in [6.07, 6.45) is 0. The predicted octanol–water partition coefficient (Wildman–Crippen LogP) is 5.61. The van der Waals surface area contributed by atoms with E-state index >= 15 is 0 Å². The van der Waals surface area contributed by atoms with Crippen LogP contribution in [0.1, 0.15) is 31.9 Å². The van der Waals surface area contributed by atoms with Crippen LogP contribution in [0.3, 0.4) is 0 Å². The molecule has 116 valence electrons. The quantitative estimate of drug-likeness (QED) is 0.683. The maximum atomic E-state index is 11.7. The van der Waals surface area contributed by atoms with Gasteiger partial charge in [-0.1, -0.05) is 36.9 Å². The average molecular weight is 305 g/mol. The minimum atomic E-state index is -0.141. The number of hydrogen-bond donors (Lipinski definition) is 1. The van der Waals surface area contributed by atoms with Crippen molar-refractivity contribution in [3.63, 3.8) is 0 Å². The number of amides is 1. The topological polar surface area (TPSA) is 42.2 Å². The Bertz CT molecular complexity index is 976. The zero-order valence-corrected chi connectivity index (χ0v) is 13.6. The zero-order chi connectivity index (χ0) is 16.7. The van der Waals surface area contributed by atoms with Gasteiger partial charge in [-0.25, -0.2) is 0 Å². The highest BCUT2D eigenvalue weighted by Gasteiger charge is 2.20. The molecule has 3 aromatic rings. The van der Waals surface area contributed by atoms with Gasteiger partial charge in [-0.15, -0.1) is 0 Å². The van der Waals surface area contributed by atoms with Crippen molar-refractivity contribution in [3.8, 4) is 0 Å². The van der Waals surface area contributed by atoms with E-state index in [-0.39, 0.29) is 5.91 Å². The van der Waals surface area contributed by atoms with Crippen molar-refractivity contribution in [1.29, 1.82) is 0 Å². The van der Waals surface area contributed by atoms with Gasteiger partial charge in [0.1, 0.15) is 5.58 Å². The van der Waals surface area contributed by atoms with Gasteiger partial charge in [0, 0.05) is 23.3 Å². The Morgan fingerprint density at radius 2 is 1.70 bits per heavy atom. The van der Waals surface area contributed by atoms with E-state index in [0.29, 0.717) is 11.3 Å². The largest absolute Gasteiger partial charge is 0.454 e. The summed E-state index contributed by atoms with van der Waals surface area (Å²) < 4.78 is 6.07. The van der Waals surface area contributed by atoms with Crippen LogP contribution < -0.4 is 5.32 Å². The molecule has 0 aliphatic rings. The predicted molar refractivity (Wildman–Crippen MR) is 97.4 cm³/mol. The summed E-state index contributed by atoms with van der Waals surface area (Å²) in [5, 5.41) is 4.89. The van der Waals surface area contributed by atoms with Crippen LogP contribution in [0.25, 0.3) is 33.1 Å². The molecule has 0 aliphatic carbocycles. The van der Waals surface area contributed by atoms with Crippen LogP contribution in [-0.4, -0.2) is 5.91 Å². The van der Waals surface area contributed by atoms with Crippen molar-refractivity contribution in [2.24, 2.45) is 0 Å². The van der Waals surface area contributed by atoms with E-state index in [9.17, 15) is 4.79 Å². The van der Waals surface area contributed by atoms with Crippen molar-refractivity contribution in [2.75, 3.05) is 5.32 Å². The van der Waals surface area contributed by atoms with Crippen LogP contribution in [0.2, 0.25) is 0 Å². The Balaban J connectivity index is 2.54. The standard InChI is InChI=1S/C20H19NO2/c1-11(2)15-10-16(12(3)4)19(21-13(5)22)20-18(15)14-8-6-7-9-17(14)23-20/h6-10H,1,3H2,2,4-5H3,(H,21,22). The second kappa shape index (κ2) is 5.43. The number of nitrogens with one attached hydrogen (secondary N) is 1. The van der Waals surface area contributed by atoms with Gasteiger partial charge in [-0.2, -0.15) is 0 Å². The molecule has 0 spiro atoms. The number of benzene rings is 2. The van der Waals surface area contributed by atoms with E-state index in [1.165, 1.54) is 6.92 Å². The third kappa shape index (κ3) is 2.44. The third-order valence-corrected chi connectivity index (χ3v) is 3.87. The summed E-state index contributed by atoms with van der Waals surface area (Å²) >= 11 is 0. The number of hydrogen-bond acceptors (Lipinski definition) is 2. The third-order valence-electron chi connectivity index (χ3n) is 3.87. The first kappa shape index (κ1) is 15.1. The number of allylic oxidation sites excluding steroid dienone is 2. The van der Waals surface area contributed by atoms with Gasteiger partial charge in [0.15, 0.2) is 5.58 Å². The first-order chi connectivity index (χ1) is 10.9. The molecule has 0 atom stereocenters. The van der Waals surface area contributed by atoms with E-state index in [1.807, 2.05) is 44.2 Å². The smallest absolute Gasteiger partial charge is 0.221 e. The van der Waals surface area contributed by atoms with Crippen molar-refractivity contribution in [1.82, 2.24) is 0 Å². The molecule has 0 saturated heterocycles. The Morgan fingerprint density at radius 1 is 1.04 bits per heavy atom. The van der Waals surface area contributed by atoms with Crippen molar-refractivity contribution >= 4 is 44.7 Å². The summed E-state index contributed by atoms with van der Waals surface area (Å²) in [6, 6.07) is 9.88. The number of anilines is 1. The molecule has 1 N–H and O–H groups in total. The molecular formula is C20H19NO2. The summed E-state index contributed by atoms with van der Waals surface area (Å²) in [5.41, 5.74) is 5.80. The van der Waals surface area contributed by atoms with Crippen molar-refractivity contribution in [3.05, 3.63) is 54.6 Å². The Morgan fingerprint density at radius 3 is 2.30 bits per heavy atom. The lowest BCUT2D eigenvalue weighted by Crippen LogP contribution is -2.08. The van der Waals surface area contributed by atoms with Gasteiger partial charge in [0.05, 0.1) is 5.69 Å². The molecule has 0 bridgehead atoms. The fourth-order valence-electron chi connectivity index (χ4n) is 2.87. The average Bonchev–Trinajstić information content (AvgIpc) is 2.86. The molecule has 3 nitrogen and oxygen atoms in total. The number of carbonyl (C=O) groups is 1. The van der Waals surface area contributed by atoms with Crippen LogP contribution in [0.4, 0.5) is 5.69 Å². The first-order valence-electron chi connectivity index (χ1n) is 7.47. The fourth-order valence-corrected chi connectivity index (χ4v) is 2.87. The molecule has 0 fully saturated rings. The van der Waals surface area contributed by atoms with Gasteiger partial charge < -0.3 is 9.73 Å². The van der Waals surface area contributed by atoms with Gasteiger partial charge in [-0.05, 0) is 37.1 Å².